The van der Waals surface area contributed by atoms with E-state index in [1.54, 1.807) is 36.4 Å². The number of carbonyl (C=O) groups excluding carboxylic acids is 5. The number of halogens is 9. The first-order chi connectivity index (χ1) is 69.4. The van der Waals surface area contributed by atoms with Crippen molar-refractivity contribution in [1.82, 2.24) is 76.8 Å². The zero-order valence-electron chi connectivity index (χ0n) is 79.8. The number of nitrogens with zero attached hydrogens (tertiary/aromatic N) is 9. The molecule has 6 atom stereocenters. The minimum atomic E-state index is -4.61. The minimum absolute atomic E-state index is 0.00495. The number of benzene rings is 6. The van der Waals surface area contributed by atoms with Gasteiger partial charge in [-0.3, -0.25) is 19.2 Å². The van der Waals surface area contributed by atoms with Gasteiger partial charge in [0.25, 0.3) is 17.7 Å². The Morgan fingerprint density at radius 1 is 0.479 bits per heavy atom. The van der Waals surface area contributed by atoms with Gasteiger partial charge in [0.05, 0.1) is 33.0 Å². The molecule has 0 aliphatic carbocycles. The number of alkyl halides is 9. The number of aromatic nitrogens is 9. The van der Waals surface area contributed by atoms with E-state index in [2.05, 4.69) is 109 Å². The summed E-state index contributed by atoms with van der Waals surface area (Å²) in [6.07, 6.45) is 4.25. The second kappa shape index (κ2) is 57.4. The fourth-order valence-electron chi connectivity index (χ4n) is 15.6. The number of Topliss-reactive ketones (excluding diaryl/α,β-unsaturated/α-hetero) is 1. The number of hydrogen-bond acceptors (Lipinski definition) is 33. The van der Waals surface area contributed by atoms with Gasteiger partial charge in [0.15, 0.2) is 25.6 Å². The number of aliphatic carboxylic acids is 1. The number of ether oxygens (including phenoxy) is 7. The van der Waals surface area contributed by atoms with Gasteiger partial charge in [-0.25, -0.2) is 9.59 Å². The van der Waals surface area contributed by atoms with Gasteiger partial charge in [0, 0.05) is 91.3 Å². The highest BCUT2D eigenvalue weighted by Gasteiger charge is 2.37. The van der Waals surface area contributed by atoms with E-state index in [1.807, 2.05) is 72.8 Å². The topological polar surface area (TPSA) is 500 Å². The summed E-state index contributed by atoms with van der Waals surface area (Å²) in [6, 6.07) is 36.8. The van der Waals surface area contributed by atoms with Gasteiger partial charge in [-0.05, 0) is 242 Å². The highest BCUT2D eigenvalue weighted by atomic mass is 19.4. The van der Waals surface area contributed by atoms with Crippen LogP contribution in [0.3, 0.4) is 0 Å². The zero-order chi connectivity index (χ0) is 102. The molecule has 0 saturated carbocycles. The quantitative estimate of drug-likeness (QED) is 0.00966. The number of anilines is 9. The van der Waals surface area contributed by atoms with Crippen LogP contribution in [0.4, 0.5) is 92.3 Å². The fourth-order valence-corrected chi connectivity index (χ4v) is 15.6. The van der Waals surface area contributed by atoms with Crippen LogP contribution in [0.15, 0.2) is 146 Å². The van der Waals surface area contributed by atoms with Crippen LogP contribution in [0.2, 0.25) is 0 Å². The molecule has 6 aromatic carbocycles. The molecule has 6 bridgehead atoms. The van der Waals surface area contributed by atoms with Crippen LogP contribution in [0.25, 0.3) is 0 Å². The Balaban J connectivity index is 0.000000206. The summed E-state index contributed by atoms with van der Waals surface area (Å²) < 4.78 is 153. The van der Waals surface area contributed by atoms with Crippen molar-refractivity contribution in [2.45, 2.75) is 185 Å². The maximum atomic E-state index is 13.4. The maximum Gasteiger partial charge on any atom is 0.422 e. The number of nitrogens with two attached hydrogens (primary N) is 2. The number of esters is 1. The number of hydrogen-bond donors (Lipinski definition) is 15. The van der Waals surface area contributed by atoms with Crippen LogP contribution < -0.4 is 104 Å². The number of methoxy groups -OCH3 is 1. The molecule has 9 aromatic rings. The van der Waals surface area contributed by atoms with Crippen LogP contribution >= 0.6 is 0 Å². The van der Waals surface area contributed by atoms with E-state index >= 15 is 0 Å². The number of unbranched alkanes of at least 4 members (excludes halogenated alkanes) is 6. The molecule has 37 nitrogen and oxygen atoms in total. The number of ketones is 1. The molecule has 3 aromatic heterocycles. The van der Waals surface area contributed by atoms with E-state index in [0.29, 0.717) is 88.0 Å². The van der Waals surface area contributed by atoms with Crippen molar-refractivity contribution in [3.8, 4) is 35.3 Å². The number of carbonyl (C=O) groups is 6. The first-order valence-electron chi connectivity index (χ1n) is 48.1. The predicted octanol–water partition coefficient (Wildman–Crippen LogP) is 14.2. The third-order valence-electron chi connectivity index (χ3n) is 23.2. The maximum absolute atomic E-state index is 13.4. The second-order valence-electron chi connectivity index (χ2n) is 34.6. The Morgan fingerprint density at radius 2 is 0.938 bits per heavy atom. The lowest BCUT2D eigenvalue weighted by molar-refractivity contribution is -0.155. The lowest BCUT2D eigenvalue weighted by Crippen LogP contribution is -2.51. The standard InChI is InChI=1S/C33H43F3N8O5.C33H40F3N7O4.C32H41F3N8O5/c1-47-29(46)27(24-7-6-17-38-20-24)41-28(45)23-10-12-25(13-11-23)40-31-42-30(43-32(44-31)49-21-33(34,35)36)39-19-22-8-14-26(15-9-22)48-18-5-3-2-4-16-37;34-33(35,36)21-47-32-42-30-38-19-22-9-15-26(16-10-22)46-18-5-3-1-2-4-8-27(44)28(24-7-6-17-37-20-24)40-29(45)23-11-13-25(14-12-23)39-31(41-30)43-32;33-32(34,35)20-48-31-42-29(38-18-21-7-13-25(14-8-21)47-17-4-2-1-3-15-36)41-30(43-31)39-24-11-9-22(10-12-24)27(44)40-26(28(45)46)23-6-5-16-37-19-23/h8-15,24,27,38H,2-7,16-21,37H2,1H3,(H,41,45)(H2,39,40,42,43,44);9-16,24,28,37H,1-8,17-21H2,(H,40,45)(H2,38,39,41,42,43);7-14,23,26,37H,1-6,15-20,36H2,(H,40,44)(H,45,46)(H2,38,39,41,42,43). The van der Waals surface area contributed by atoms with Crippen molar-refractivity contribution < 1.29 is 107 Å². The summed E-state index contributed by atoms with van der Waals surface area (Å²) in [5, 5.41) is 45.5. The van der Waals surface area contributed by atoms with Crippen molar-refractivity contribution in [2.24, 2.45) is 29.2 Å². The van der Waals surface area contributed by atoms with Crippen LogP contribution in [-0.4, -0.2) is 221 Å². The van der Waals surface area contributed by atoms with Crippen LogP contribution in [0, 0.1) is 17.8 Å². The minimum Gasteiger partial charge on any atom is -0.494 e. The van der Waals surface area contributed by atoms with E-state index in [0.717, 1.165) is 169 Å². The summed E-state index contributed by atoms with van der Waals surface area (Å²) in [6.45, 7) is 3.49. The van der Waals surface area contributed by atoms with Crippen LogP contribution in [0.5, 0.6) is 35.3 Å². The summed E-state index contributed by atoms with van der Waals surface area (Å²) >= 11 is 0. The largest absolute Gasteiger partial charge is 0.494 e. The molecule has 0 radical (unpaired) electrons. The Kier molecular flexibility index (Phi) is 44.1. The highest BCUT2D eigenvalue weighted by molar-refractivity contribution is 5.99. The van der Waals surface area contributed by atoms with Crippen molar-refractivity contribution in [2.75, 3.05) is 131 Å². The monoisotopic (exact) mass is 2020 g/mol. The molecule has 3 saturated heterocycles. The Labute approximate surface area is 827 Å². The first kappa shape index (κ1) is 111. The van der Waals surface area contributed by atoms with Crippen molar-refractivity contribution in [3.63, 3.8) is 0 Å². The number of carboxylic acids is 1. The number of nitrogens with one attached hydrogen (secondary N) is 12. The van der Waals surface area contributed by atoms with E-state index in [-0.39, 0.29) is 95.9 Å². The summed E-state index contributed by atoms with van der Waals surface area (Å²) in [4.78, 5) is 113. The molecule has 17 N–H and O–H groups in total. The molecule has 0 spiro atoms. The van der Waals surface area contributed by atoms with Crippen molar-refractivity contribution >= 4 is 88.2 Å². The van der Waals surface area contributed by atoms with Gasteiger partial charge >= 0.3 is 48.5 Å². The Hall–Kier alpha value is -13.9. The number of carboxylic acid groups (broad SMARTS) is 1. The smallest absolute Gasteiger partial charge is 0.422 e. The SMILES string of the molecule is COC(=O)C(NC(=O)c1ccc(Nc2nc(NCc3ccc(OCCCCCCN)cc3)nc(OCC(F)(F)F)n2)cc1)C1CCCNC1.NCCCCCCOc1ccc(CNc2nc(Nc3ccc(C(=O)NC(C(=O)O)C4CCCNC4)cc3)nc(OCC(F)(F)F)n2)cc1.O=C1NC(C2CCCNC2)C(=O)CCCCCCCOc2ccc(cc2)CNc2nc(nc(OCC(F)(F)F)n2)Nc2ccc1cc2. The van der Waals surface area contributed by atoms with Gasteiger partial charge in [0.1, 0.15) is 29.3 Å². The van der Waals surface area contributed by atoms with Gasteiger partial charge in [0.2, 0.25) is 35.7 Å². The summed E-state index contributed by atoms with van der Waals surface area (Å²) in [5.41, 5.74) is 15.8. The zero-order valence-corrected chi connectivity index (χ0v) is 79.8. The second-order valence-corrected chi connectivity index (χ2v) is 34.6. The molecule has 9 heterocycles. The average Bonchev–Trinajstić information content (AvgIpc) is 0.840. The van der Waals surface area contributed by atoms with Gasteiger partial charge in [-0.2, -0.15) is 84.4 Å². The normalized spacial score (nSPS) is 16.9. The lowest BCUT2D eigenvalue weighted by Gasteiger charge is -2.30. The van der Waals surface area contributed by atoms with E-state index in [9.17, 15) is 73.4 Å². The van der Waals surface area contributed by atoms with Crippen molar-refractivity contribution in [3.05, 3.63) is 179 Å². The Bertz CT molecular complexity index is 5450. The molecular weight excluding hydrogens is 1890 g/mol. The molecule has 46 heteroatoms. The van der Waals surface area contributed by atoms with E-state index in [4.69, 9.17) is 44.6 Å². The van der Waals surface area contributed by atoms with Gasteiger partial charge < -0.3 is 114 Å². The average molecular weight is 2020 g/mol. The number of piperidine rings is 3. The molecular formula is C98H124F9N23O14. The molecule has 3 amide bonds. The Morgan fingerprint density at radius 3 is 1.41 bits per heavy atom. The molecule has 3 fully saturated rings. The van der Waals surface area contributed by atoms with Gasteiger partial charge in [-0.15, -0.1) is 0 Å². The first-order valence-corrected chi connectivity index (χ1v) is 48.1. The number of rotatable bonds is 39. The van der Waals surface area contributed by atoms with Crippen molar-refractivity contribution in [1.29, 1.82) is 0 Å². The molecule has 6 unspecified atom stereocenters. The molecule has 144 heavy (non-hydrogen) atoms. The summed E-state index contributed by atoms with van der Waals surface area (Å²) in [7, 11) is 1.28. The van der Waals surface area contributed by atoms with Crippen LogP contribution in [-0.2, 0) is 38.8 Å². The number of fused-ring (bicyclic) bond motifs is 2. The third-order valence-corrected chi connectivity index (χ3v) is 23.2. The van der Waals surface area contributed by atoms with Gasteiger partial charge in [-0.1, -0.05) is 81.3 Å². The predicted molar refractivity (Wildman–Crippen MR) is 519 cm³/mol. The highest BCUT2D eigenvalue weighted by Crippen LogP contribution is 2.30. The fraction of sp³-hybridized carbons (Fsp3) is 0.480. The molecule has 6 aliphatic rings. The van der Waals surface area contributed by atoms with E-state index in [1.165, 1.54) is 43.5 Å². The van der Waals surface area contributed by atoms with Crippen LogP contribution in [0.1, 0.15) is 176 Å². The van der Waals surface area contributed by atoms with E-state index < -0.39 is 98.3 Å². The number of amides is 3. The molecule has 778 valence electrons. The molecule has 6 aliphatic heterocycles. The summed E-state index contributed by atoms with van der Waals surface area (Å²) in [5.74, 6) is -1.39. The third kappa shape index (κ3) is 39.8. The molecule has 15 rings (SSSR count). The lowest BCUT2D eigenvalue weighted by atomic mass is 9.87.